The van der Waals surface area contributed by atoms with E-state index < -0.39 is 58.4 Å². The number of esters is 4. The lowest BCUT2D eigenvalue weighted by Gasteiger charge is -2.49. The van der Waals surface area contributed by atoms with Gasteiger partial charge in [-0.05, 0) is 81.0 Å². The third-order valence-corrected chi connectivity index (χ3v) is 9.46. The van der Waals surface area contributed by atoms with Crippen LogP contribution in [0.3, 0.4) is 0 Å². The van der Waals surface area contributed by atoms with Gasteiger partial charge in [0.25, 0.3) is 5.91 Å². The molecule has 0 bridgehead atoms. The molecule has 3 atom stereocenters. The van der Waals surface area contributed by atoms with Crippen LogP contribution in [0.1, 0.15) is 53.0 Å². The molecular formula is C35H38N2O11S. The lowest BCUT2D eigenvalue weighted by molar-refractivity contribution is -0.156. The Morgan fingerprint density at radius 1 is 1.04 bits per heavy atom. The minimum absolute atomic E-state index is 0.0671. The maximum absolute atomic E-state index is 13.7. The highest BCUT2D eigenvalue weighted by Gasteiger charge is 2.55. The van der Waals surface area contributed by atoms with Crippen molar-refractivity contribution in [2.45, 2.75) is 65.5 Å². The minimum atomic E-state index is -1.28. The standard InChI is InChI=1S/C35H38N2O11S/c1-6-45-32(41)26(25-12-9-21-16-44-14-13-24(21)25)29(39)36-27-30(40)37-28(22(17-46-19(2)38)18-49-31(27)37)33(42)47-15-20-7-10-23(11-8-20)48-34(43)35(3,4)5/h7-8,10-11,13-14,16,26-27,31H,6,9,12,15,17-18H2,1-5H3,(H,36,39). The minimum Gasteiger partial charge on any atom is -0.472 e. The van der Waals surface area contributed by atoms with E-state index in [-0.39, 0.29) is 31.3 Å². The number of ether oxygens (including phenoxy) is 5. The lowest BCUT2D eigenvalue weighted by Crippen LogP contribution is -2.71. The predicted molar refractivity (Wildman–Crippen MR) is 175 cm³/mol. The van der Waals surface area contributed by atoms with Crippen LogP contribution in [0, 0.1) is 11.3 Å². The predicted octanol–water partition coefficient (Wildman–Crippen LogP) is 3.60. The Morgan fingerprint density at radius 3 is 2.45 bits per heavy atom. The summed E-state index contributed by atoms with van der Waals surface area (Å²) in [5.41, 5.74) is 2.39. The van der Waals surface area contributed by atoms with Crippen molar-refractivity contribution in [2.75, 3.05) is 19.0 Å². The molecule has 49 heavy (non-hydrogen) atoms. The summed E-state index contributed by atoms with van der Waals surface area (Å²) in [5, 5.41) is 2.05. The van der Waals surface area contributed by atoms with Gasteiger partial charge in [-0.1, -0.05) is 12.1 Å². The van der Waals surface area contributed by atoms with Crippen LogP contribution in [0.5, 0.6) is 5.75 Å². The molecule has 5 rings (SSSR count). The van der Waals surface area contributed by atoms with Crippen molar-refractivity contribution in [3.8, 4) is 5.75 Å². The monoisotopic (exact) mass is 694 g/mol. The Hall–Kier alpha value is -4.85. The van der Waals surface area contributed by atoms with Gasteiger partial charge >= 0.3 is 23.9 Å². The van der Waals surface area contributed by atoms with E-state index in [9.17, 15) is 28.8 Å². The third kappa shape index (κ3) is 7.74. The van der Waals surface area contributed by atoms with Crippen LogP contribution >= 0.6 is 11.8 Å². The van der Waals surface area contributed by atoms with E-state index in [0.717, 1.165) is 11.1 Å². The number of thioether (sulfide) groups is 1. The normalized spacial score (nSPS) is 20.2. The fourth-order valence-electron chi connectivity index (χ4n) is 5.58. The summed E-state index contributed by atoms with van der Waals surface area (Å²) in [4.78, 5) is 78.9. The number of allylic oxidation sites excluding steroid dienone is 3. The van der Waals surface area contributed by atoms with Gasteiger partial charge in [-0.2, -0.15) is 0 Å². The maximum atomic E-state index is 13.7. The molecule has 3 unspecified atom stereocenters. The first kappa shape index (κ1) is 35.5. The molecule has 2 amide bonds. The van der Waals surface area contributed by atoms with Gasteiger partial charge in [0, 0.05) is 18.2 Å². The van der Waals surface area contributed by atoms with Gasteiger partial charge in [0.1, 0.15) is 36.1 Å². The number of hydrogen-bond acceptors (Lipinski definition) is 12. The van der Waals surface area contributed by atoms with E-state index >= 15 is 0 Å². The van der Waals surface area contributed by atoms with Gasteiger partial charge < -0.3 is 29.0 Å². The zero-order valence-electron chi connectivity index (χ0n) is 27.9. The number of nitrogens with one attached hydrogen (secondary N) is 1. The number of nitrogens with zero attached hydrogens (tertiary/aromatic N) is 1. The molecule has 0 saturated carbocycles. The first-order valence-corrected chi connectivity index (χ1v) is 16.8. The van der Waals surface area contributed by atoms with Gasteiger partial charge in [-0.3, -0.25) is 28.9 Å². The van der Waals surface area contributed by atoms with Crippen molar-refractivity contribution >= 4 is 47.5 Å². The number of β-lactam (4-membered cyclic amide) rings is 1. The molecule has 0 spiro atoms. The molecular weight excluding hydrogens is 656 g/mol. The molecule has 1 N–H and O–H groups in total. The smallest absolute Gasteiger partial charge is 0.355 e. The van der Waals surface area contributed by atoms with Gasteiger partial charge in [-0.15, -0.1) is 11.8 Å². The molecule has 1 aromatic rings. The lowest BCUT2D eigenvalue weighted by atomic mass is 9.92. The summed E-state index contributed by atoms with van der Waals surface area (Å²) < 4.78 is 26.6. The van der Waals surface area contributed by atoms with Gasteiger partial charge in [0.15, 0.2) is 5.92 Å². The van der Waals surface area contributed by atoms with Crippen molar-refractivity contribution in [1.82, 2.24) is 10.2 Å². The van der Waals surface area contributed by atoms with Gasteiger partial charge in [-0.25, -0.2) is 4.79 Å². The van der Waals surface area contributed by atoms with Gasteiger partial charge in [0.05, 0.1) is 24.5 Å². The van der Waals surface area contributed by atoms with Crippen molar-refractivity contribution in [2.24, 2.45) is 11.3 Å². The highest BCUT2D eigenvalue weighted by atomic mass is 32.2. The Kier molecular flexibility index (Phi) is 10.7. The van der Waals surface area contributed by atoms with Crippen LogP contribution in [0.2, 0.25) is 0 Å². The van der Waals surface area contributed by atoms with E-state index in [1.165, 1.54) is 29.8 Å². The van der Waals surface area contributed by atoms with Crippen LogP contribution < -0.4 is 10.1 Å². The summed E-state index contributed by atoms with van der Waals surface area (Å²) in [6, 6.07) is 5.41. The van der Waals surface area contributed by atoms with Gasteiger partial charge in [0.2, 0.25) is 5.91 Å². The second kappa shape index (κ2) is 14.7. The zero-order valence-corrected chi connectivity index (χ0v) is 28.7. The number of amides is 2. The highest BCUT2D eigenvalue weighted by Crippen LogP contribution is 2.42. The SMILES string of the molecule is CCOC(=O)C(C(=O)NC1C(=O)N2C(C(=O)OCc3ccc(OC(=O)C(C)(C)C)cc3)=C(COC(C)=O)CSC12)C1=C2C=COC=C2CC1. The number of carbonyl (C=O) groups is 6. The van der Waals surface area contributed by atoms with Crippen LogP contribution in [0.25, 0.3) is 0 Å². The molecule has 0 aromatic heterocycles. The molecule has 1 aliphatic carbocycles. The average Bonchev–Trinajstić information content (AvgIpc) is 3.48. The van der Waals surface area contributed by atoms with E-state index in [2.05, 4.69) is 5.32 Å². The second-order valence-corrected chi connectivity index (χ2v) is 13.8. The zero-order chi connectivity index (χ0) is 35.5. The van der Waals surface area contributed by atoms with Crippen molar-refractivity contribution in [3.63, 3.8) is 0 Å². The summed E-state index contributed by atoms with van der Waals surface area (Å²) in [6.45, 7) is 7.78. The van der Waals surface area contributed by atoms with Crippen molar-refractivity contribution in [3.05, 3.63) is 76.4 Å². The number of carbonyl (C=O) groups excluding carboxylic acids is 6. The number of rotatable bonds is 11. The largest absolute Gasteiger partial charge is 0.472 e. The van der Waals surface area contributed by atoms with Crippen molar-refractivity contribution < 1.29 is 52.5 Å². The van der Waals surface area contributed by atoms with Crippen LogP contribution in [0.4, 0.5) is 0 Å². The van der Waals surface area contributed by atoms with E-state index in [0.29, 0.717) is 35.3 Å². The molecule has 1 saturated heterocycles. The molecule has 260 valence electrons. The molecule has 13 nitrogen and oxygen atoms in total. The maximum Gasteiger partial charge on any atom is 0.355 e. The highest BCUT2D eigenvalue weighted by molar-refractivity contribution is 8.00. The van der Waals surface area contributed by atoms with E-state index in [4.69, 9.17) is 23.7 Å². The fourth-order valence-corrected chi connectivity index (χ4v) is 6.91. The first-order valence-electron chi connectivity index (χ1n) is 15.8. The summed E-state index contributed by atoms with van der Waals surface area (Å²) in [5.74, 6) is -4.50. The molecule has 1 fully saturated rings. The Bertz CT molecular complexity index is 1680. The molecule has 3 aliphatic heterocycles. The van der Waals surface area contributed by atoms with E-state index in [1.54, 1.807) is 64.3 Å². The molecule has 4 aliphatic rings. The Labute approximate surface area is 287 Å². The van der Waals surface area contributed by atoms with Crippen molar-refractivity contribution in [1.29, 1.82) is 0 Å². The molecule has 14 heteroatoms. The fraction of sp³-hybridized carbons (Fsp3) is 0.429. The molecule has 0 radical (unpaired) electrons. The van der Waals surface area contributed by atoms with Crippen LogP contribution in [-0.2, 0) is 54.3 Å². The van der Waals surface area contributed by atoms with Crippen LogP contribution in [0.15, 0.2) is 70.9 Å². The van der Waals surface area contributed by atoms with E-state index in [1.807, 2.05) is 0 Å². The topological polar surface area (TPSA) is 164 Å². The first-order chi connectivity index (χ1) is 23.3. The summed E-state index contributed by atoms with van der Waals surface area (Å²) in [7, 11) is 0. The quantitative estimate of drug-likeness (QED) is 0.118. The average molecular weight is 695 g/mol. The summed E-state index contributed by atoms with van der Waals surface area (Å²) >= 11 is 1.28. The van der Waals surface area contributed by atoms with Crippen LogP contribution in [-0.4, -0.2) is 71.0 Å². The molecule has 3 heterocycles. The summed E-state index contributed by atoms with van der Waals surface area (Å²) in [6.07, 6.45) is 5.78. The number of hydrogen-bond donors (Lipinski definition) is 1. The number of benzene rings is 1. The second-order valence-electron chi connectivity index (χ2n) is 12.7. The molecule has 1 aromatic carbocycles. The number of fused-ring (bicyclic) bond motifs is 2. The third-order valence-electron chi connectivity index (χ3n) is 8.12. The Balaban J connectivity index is 1.30. The Morgan fingerprint density at radius 2 is 1.78 bits per heavy atom.